The number of rotatable bonds is 10. The topological polar surface area (TPSA) is 23.5 Å². The molecule has 0 aromatic heterocycles. The Labute approximate surface area is 266 Å². The van der Waals surface area contributed by atoms with E-state index in [-0.39, 0.29) is 5.92 Å². The van der Waals surface area contributed by atoms with Crippen molar-refractivity contribution in [2.45, 2.75) is 37.6 Å². The fourth-order valence-corrected chi connectivity index (χ4v) is 12.8. The van der Waals surface area contributed by atoms with Crippen LogP contribution in [0.1, 0.15) is 31.4 Å². The van der Waals surface area contributed by atoms with Crippen LogP contribution in [0.5, 0.6) is 0 Å². The third-order valence-electron chi connectivity index (χ3n) is 9.46. The highest BCUT2D eigenvalue weighted by atomic mass is 31.1. The highest BCUT2D eigenvalue weighted by Crippen LogP contribution is 2.57. The molecule has 0 amide bonds. The van der Waals surface area contributed by atoms with Crippen molar-refractivity contribution in [1.82, 2.24) is 4.90 Å². The molecule has 0 saturated heterocycles. The van der Waals surface area contributed by atoms with E-state index in [0.29, 0.717) is 17.6 Å². The third-order valence-corrected chi connectivity index (χ3v) is 15.0. The average Bonchev–Trinajstić information content (AvgIpc) is 3.51. The Balaban J connectivity index is 1.49. The zero-order chi connectivity index (χ0) is 30.5. The zero-order valence-corrected chi connectivity index (χ0v) is 27.7. The molecule has 1 fully saturated rings. The molecule has 1 saturated carbocycles. The van der Waals surface area contributed by atoms with Gasteiger partial charge in [-0.25, -0.2) is 0 Å². The summed E-state index contributed by atoms with van der Waals surface area (Å²) in [5.41, 5.74) is 1.46. The normalized spacial score (nSPS) is 19.8. The number of aliphatic hydroxyl groups excluding tert-OH is 1. The first-order chi connectivity index (χ1) is 21.5. The summed E-state index contributed by atoms with van der Waals surface area (Å²) in [6.07, 6.45) is 1.67. The lowest BCUT2D eigenvalue weighted by atomic mass is 9.82. The quantitative estimate of drug-likeness (QED) is 0.172. The van der Waals surface area contributed by atoms with E-state index in [9.17, 15) is 5.11 Å². The summed E-state index contributed by atoms with van der Waals surface area (Å²) in [7, 11) is 2.87. The van der Waals surface area contributed by atoms with Crippen molar-refractivity contribution in [3.8, 4) is 0 Å². The van der Waals surface area contributed by atoms with Crippen LogP contribution in [0.15, 0.2) is 146 Å². The minimum absolute atomic E-state index is 0.128. The second-order valence-electron chi connectivity index (χ2n) is 12.1. The van der Waals surface area contributed by atoms with Crippen molar-refractivity contribution < 1.29 is 5.11 Å². The van der Waals surface area contributed by atoms with Crippen molar-refractivity contribution in [2.24, 2.45) is 11.8 Å². The maximum Gasteiger partial charge on any atom is 0.0834 e. The SMILES string of the molecule is CC(C1CCC(P(c2ccccc2)c2ccccc2)C1[C@H](O)c1ccccc1P(c1ccccc1)c1ccccc1)N(C)C. The molecule has 5 aromatic carbocycles. The van der Waals surface area contributed by atoms with Crippen molar-refractivity contribution >= 4 is 42.4 Å². The van der Waals surface area contributed by atoms with Crippen LogP contribution >= 0.6 is 15.8 Å². The second kappa shape index (κ2) is 14.3. The molecule has 4 unspecified atom stereocenters. The summed E-state index contributed by atoms with van der Waals surface area (Å²) in [5, 5.41) is 19.5. The van der Waals surface area contributed by atoms with Gasteiger partial charge in [-0.15, -0.1) is 0 Å². The zero-order valence-electron chi connectivity index (χ0n) is 25.9. The van der Waals surface area contributed by atoms with Gasteiger partial charge in [0.05, 0.1) is 6.10 Å². The van der Waals surface area contributed by atoms with E-state index in [0.717, 1.165) is 18.4 Å². The summed E-state index contributed by atoms with van der Waals surface area (Å²) in [6, 6.07) is 53.0. The van der Waals surface area contributed by atoms with E-state index in [1.165, 1.54) is 26.5 Å². The van der Waals surface area contributed by atoms with Gasteiger partial charge in [0.15, 0.2) is 0 Å². The van der Waals surface area contributed by atoms with E-state index in [4.69, 9.17) is 0 Å². The van der Waals surface area contributed by atoms with Crippen LogP contribution in [0.2, 0.25) is 0 Å². The van der Waals surface area contributed by atoms with Gasteiger partial charge >= 0.3 is 0 Å². The minimum atomic E-state index is -0.838. The largest absolute Gasteiger partial charge is 0.388 e. The standard InChI is InChI=1S/C40H43NOP2/c1-30(41(2)3)35-28-29-38(44(33-22-12-6-13-23-33)34-24-14-7-15-25-34)39(35)40(42)36-26-16-17-27-37(36)43(31-18-8-4-9-19-31)32-20-10-5-11-21-32/h4-27,30,35,38-40,42H,28-29H2,1-3H3/t30?,35?,38?,39?,40-/m1/s1. The van der Waals surface area contributed by atoms with Crippen LogP contribution in [-0.2, 0) is 0 Å². The van der Waals surface area contributed by atoms with Gasteiger partial charge in [0.1, 0.15) is 0 Å². The molecular weight excluding hydrogens is 572 g/mol. The first-order valence-corrected chi connectivity index (χ1v) is 18.5. The number of hydrogen-bond acceptors (Lipinski definition) is 2. The van der Waals surface area contributed by atoms with Crippen molar-refractivity contribution in [3.05, 3.63) is 151 Å². The smallest absolute Gasteiger partial charge is 0.0834 e. The minimum Gasteiger partial charge on any atom is -0.388 e. The molecule has 0 radical (unpaired) electrons. The van der Waals surface area contributed by atoms with Gasteiger partial charge in [0.2, 0.25) is 0 Å². The fourth-order valence-electron chi connectivity index (χ4n) is 7.16. The van der Waals surface area contributed by atoms with Gasteiger partial charge in [0, 0.05) is 12.0 Å². The van der Waals surface area contributed by atoms with E-state index in [1.807, 2.05) is 0 Å². The Morgan fingerprint density at radius 3 is 1.50 bits per heavy atom. The molecule has 1 aliphatic carbocycles. The van der Waals surface area contributed by atoms with Gasteiger partial charge < -0.3 is 10.0 Å². The fraction of sp³-hybridized carbons (Fsp3) is 0.250. The third kappa shape index (κ3) is 6.47. The maximum atomic E-state index is 12.9. The summed E-state index contributed by atoms with van der Waals surface area (Å²) < 4.78 is 0. The molecule has 5 atom stereocenters. The van der Waals surface area contributed by atoms with E-state index in [1.54, 1.807) is 0 Å². The Morgan fingerprint density at radius 1 is 0.591 bits per heavy atom. The Hall–Kier alpha value is -3.12. The van der Waals surface area contributed by atoms with Crippen LogP contribution in [0.3, 0.4) is 0 Å². The van der Waals surface area contributed by atoms with Crippen molar-refractivity contribution in [1.29, 1.82) is 0 Å². The van der Waals surface area contributed by atoms with E-state index >= 15 is 0 Å². The predicted molar refractivity (Wildman–Crippen MR) is 192 cm³/mol. The molecular formula is C40H43NOP2. The Bertz CT molecular complexity index is 1520. The van der Waals surface area contributed by atoms with Gasteiger partial charge in [-0.2, -0.15) is 0 Å². The average molecular weight is 616 g/mol. The van der Waals surface area contributed by atoms with Crippen LogP contribution < -0.4 is 26.5 Å². The molecule has 0 bridgehead atoms. The maximum absolute atomic E-state index is 12.9. The first kappa shape index (κ1) is 30.9. The molecule has 44 heavy (non-hydrogen) atoms. The highest BCUT2D eigenvalue weighted by Gasteiger charge is 2.48. The van der Waals surface area contributed by atoms with Gasteiger partial charge in [-0.05, 0) is 93.4 Å². The first-order valence-electron chi connectivity index (χ1n) is 15.8. The van der Waals surface area contributed by atoms with E-state index < -0.39 is 21.9 Å². The van der Waals surface area contributed by atoms with Crippen LogP contribution in [-0.4, -0.2) is 35.8 Å². The Morgan fingerprint density at radius 2 is 1.02 bits per heavy atom. The van der Waals surface area contributed by atoms with Crippen molar-refractivity contribution in [3.63, 3.8) is 0 Å². The van der Waals surface area contributed by atoms with Gasteiger partial charge in [-0.1, -0.05) is 146 Å². The summed E-state index contributed by atoms with van der Waals surface area (Å²) in [4.78, 5) is 2.35. The molecule has 0 spiro atoms. The van der Waals surface area contributed by atoms with Crippen LogP contribution in [0, 0.1) is 11.8 Å². The van der Waals surface area contributed by atoms with E-state index in [2.05, 4.69) is 172 Å². The highest BCUT2D eigenvalue weighted by molar-refractivity contribution is 7.80. The van der Waals surface area contributed by atoms with Crippen LogP contribution in [0.4, 0.5) is 0 Å². The lowest BCUT2D eigenvalue weighted by molar-refractivity contribution is 0.0616. The van der Waals surface area contributed by atoms with Gasteiger partial charge in [-0.3, -0.25) is 0 Å². The molecule has 0 aliphatic heterocycles. The molecule has 0 heterocycles. The number of benzene rings is 5. The predicted octanol–water partition coefficient (Wildman–Crippen LogP) is 6.96. The molecule has 5 aromatic rings. The summed E-state index contributed by atoms with van der Waals surface area (Å²) in [5.74, 6) is 0.513. The molecule has 1 aliphatic rings. The van der Waals surface area contributed by atoms with Crippen LogP contribution in [0.25, 0.3) is 0 Å². The second-order valence-corrected chi connectivity index (χ2v) is 16.8. The number of aliphatic hydroxyl groups is 1. The lowest BCUT2D eigenvalue weighted by Crippen LogP contribution is -2.40. The molecule has 1 N–H and O–H groups in total. The number of hydrogen-bond donors (Lipinski definition) is 1. The molecule has 6 rings (SSSR count). The molecule has 4 heteroatoms. The number of nitrogens with zero attached hydrogens (tertiary/aromatic N) is 1. The Kier molecular flexibility index (Phi) is 10.1. The van der Waals surface area contributed by atoms with Gasteiger partial charge in [0.25, 0.3) is 0 Å². The summed E-state index contributed by atoms with van der Waals surface area (Å²) >= 11 is 0. The molecule has 224 valence electrons. The van der Waals surface area contributed by atoms with Crippen molar-refractivity contribution in [2.75, 3.05) is 14.1 Å². The summed E-state index contributed by atoms with van der Waals surface area (Å²) in [6.45, 7) is 2.35. The monoisotopic (exact) mass is 615 g/mol. The molecule has 2 nitrogen and oxygen atoms in total. The lowest BCUT2D eigenvalue weighted by Gasteiger charge is -2.39.